The number of carbonyl (C=O) groups is 3. The third-order valence-corrected chi connectivity index (χ3v) is 8.60. The van der Waals surface area contributed by atoms with Crippen LogP contribution in [0.1, 0.15) is 49.8 Å². The van der Waals surface area contributed by atoms with Crippen molar-refractivity contribution in [2.24, 2.45) is 17.8 Å². The first-order valence-electron chi connectivity index (χ1n) is 14.0. The van der Waals surface area contributed by atoms with E-state index in [4.69, 9.17) is 4.74 Å². The van der Waals surface area contributed by atoms with Crippen LogP contribution >= 0.6 is 0 Å². The van der Waals surface area contributed by atoms with Crippen molar-refractivity contribution >= 4 is 23.4 Å². The Bertz CT molecular complexity index is 1250. The Labute approximate surface area is 230 Å². The lowest BCUT2D eigenvalue weighted by molar-refractivity contribution is -0.144. The van der Waals surface area contributed by atoms with E-state index in [1.165, 1.54) is 0 Å². The van der Waals surface area contributed by atoms with Gasteiger partial charge in [-0.25, -0.2) is 0 Å². The fourth-order valence-electron chi connectivity index (χ4n) is 6.88. The molecule has 6 atom stereocenters. The third-order valence-electron chi connectivity index (χ3n) is 8.60. The summed E-state index contributed by atoms with van der Waals surface area (Å²) >= 11 is 0. The number of likely N-dealkylation sites (tertiary alicyclic amines) is 1. The SMILES string of the molecule is Cc1ccc(C)c(NC(=O)C2N([C@@H](CO)CC(C)C)C(=O)[C@@H]3[C@@H](C(=O)NCc4ccccc4)[C@H]4CCC23O4)c1. The molecule has 3 N–H and O–H groups in total. The second kappa shape index (κ2) is 10.7. The fraction of sp³-hybridized carbons (Fsp3) is 0.516. The number of aliphatic hydroxyl groups excluding tert-OH is 1. The van der Waals surface area contributed by atoms with Gasteiger partial charge in [0.25, 0.3) is 0 Å². The summed E-state index contributed by atoms with van der Waals surface area (Å²) < 4.78 is 6.53. The van der Waals surface area contributed by atoms with E-state index in [-0.39, 0.29) is 30.2 Å². The molecular formula is C31H39N3O5. The lowest BCUT2D eigenvalue weighted by Gasteiger charge is -2.37. The minimum Gasteiger partial charge on any atom is -0.394 e. The van der Waals surface area contributed by atoms with E-state index in [1.54, 1.807) is 4.90 Å². The maximum Gasteiger partial charge on any atom is 0.250 e. The molecule has 3 aliphatic heterocycles. The van der Waals surface area contributed by atoms with Crippen LogP contribution in [0.15, 0.2) is 48.5 Å². The molecule has 3 amide bonds. The van der Waals surface area contributed by atoms with E-state index in [0.717, 1.165) is 16.7 Å². The van der Waals surface area contributed by atoms with E-state index in [9.17, 15) is 19.5 Å². The summed E-state index contributed by atoms with van der Waals surface area (Å²) in [4.78, 5) is 43.4. The lowest BCUT2D eigenvalue weighted by atomic mass is 9.70. The van der Waals surface area contributed by atoms with Crippen LogP contribution in [0.2, 0.25) is 0 Å². The monoisotopic (exact) mass is 533 g/mol. The van der Waals surface area contributed by atoms with Crippen LogP contribution in [0.3, 0.4) is 0 Å². The third kappa shape index (κ3) is 4.85. The predicted octanol–water partition coefficient (Wildman–Crippen LogP) is 3.34. The van der Waals surface area contributed by atoms with Gasteiger partial charge < -0.3 is 25.4 Å². The molecule has 3 heterocycles. The van der Waals surface area contributed by atoms with Gasteiger partial charge in [0.05, 0.1) is 30.6 Å². The zero-order valence-electron chi connectivity index (χ0n) is 23.1. The van der Waals surface area contributed by atoms with Crippen LogP contribution in [0.25, 0.3) is 0 Å². The van der Waals surface area contributed by atoms with Gasteiger partial charge in [0.15, 0.2) is 0 Å². The lowest BCUT2D eigenvalue weighted by Crippen LogP contribution is -2.56. The number of carbonyl (C=O) groups excluding carboxylic acids is 3. The van der Waals surface area contributed by atoms with Crippen molar-refractivity contribution in [3.8, 4) is 0 Å². The zero-order chi connectivity index (χ0) is 27.9. The molecule has 0 aliphatic carbocycles. The number of amides is 3. The van der Waals surface area contributed by atoms with E-state index >= 15 is 0 Å². The second-order valence-electron chi connectivity index (χ2n) is 11.8. The molecule has 2 aromatic rings. The smallest absolute Gasteiger partial charge is 0.250 e. The Morgan fingerprint density at radius 2 is 1.87 bits per heavy atom. The number of fused-ring (bicyclic) bond motifs is 1. The molecular weight excluding hydrogens is 494 g/mol. The Hall–Kier alpha value is -3.23. The summed E-state index contributed by atoms with van der Waals surface area (Å²) in [5, 5.41) is 16.5. The van der Waals surface area contributed by atoms with E-state index in [2.05, 4.69) is 10.6 Å². The summed E-state index contributed by atoms with van der Waals surface area (Å²) in [5.41, 5.74) is 2.46. The summed E-state index contributed by atoms with van der Waals surface area (Å²) in [5.74, 6) is -2.12. The van der Waals surface area contributed by atoms with Gasteiger partial charge in [-0.15, -0.1) is 0 Å². The van der Waals surface area contributed by atoms with Crippen molar-refractivity contribution in [3.63, 3.8) is 0 Å². The first-order valence-corrected chi connectivity index (χ1v) is 14.0. The zero-order valence-corrected chi connectivity index (χ0v) is 23.1. The normalized spacial score (nSPS) is 28.1. The van der Waals surface area contributed by atoms with Crippen molar-refractivity contribution in [2.75, 3.05) is 11.9 Å². The molecule has 0 radical (unpaired) electrons. The maximum absolute atomic E-state index is 14.2. The number of aliphatic hydroxyl groups is 1. The number of nitrogens with one attached hydrogen (secondary N) is 2. The van der Waals surface area contributed by atoms with Crippen LogP contribution in [0, 0.1) is 31.6 Å². The highest BCUT2D eigenvalue weighted by atomic mass is 16.5. The minimum atomic E-state index is -1.11. The molecule has 3 saturated heterocycles. The van der Waals surface area contributed by atoms with Gasteiger partial charge >= 0.3 is 0 Å². The van der Waals surface area contributed by atoms with E-state index in [0.29, 0.717) is 31.5 Å². The number of anilines is 1. The van der Waals surface area contributed by atoms with Gasteiger partial charge in [-0.3, -0.25) is 14.4 Å². The fourth-order valence-corrected chi connectivity index (χ4v) is 6.88. The number of hydrogen-bond acceptors (Lipinski definition) is 5. The summed E-state index contributed by atoms with van der Waals surface area (Å²) in [6.07, 6.45) is 1.22. The van der Waals surface area contributed by atoms with Crippen molar-refractivity contribution in [2.45, 2.75) is 77.3 Å². The molecule has 0 aromatic heterocycles. The molecule has 3 fully saturated rings. The molecule has 8 heteroatoms. The van der Waals surface area contributed by atoms with Gasteiger partial charge in [0.1, 0.15) is 11.6 Å². The predicted molar refractivity (Wildman–Crippen MR) is 148 cm³/mol. The highest BCUT2D eigenvalue weighted by Gasteiger charge is 2.75. The Morgan fingerprint density at radius 1 is 1.13 bits per heavy atom. The van der Waals surface area contributed by atoms with Crippen LogP contribution in [0.4, 0.5) is 5.69 Å². The van der Waals surface area contributed by atoms with Gasteiger partial charge in [-0.2, -0.15) is 0 Å². The molecule has 2 aromatic carbocycles. The molecule has 1 spiro atoms. The highest BCUT2D eigenvalue weighted by molar-refractivity contribution is 6.04. The molecule has 8 nitrogen and oxygen atoms in total. The quantitative estimate of drug-likeness (QED) is 0.458. The van der Waals surface area contributed by atoms with Gasteiger partial charge in [0.2, 0.25) is 17.7 Å². The number of rotatable bonds is 9. The first-order chi connectivity index (χ1) is 18.7. The molecule has 2 unspecified atom stereocenters. The number of nitrogens with zero attached hydrogens (tertiary/aromatic N) is 1. The maximum atomic E-state index is 14.2. The number of hydrogen-bond donors (Lipinski definition) is 3. The largest absolute Gasteiger partial charge is 0.394 e. The van der Waals surface area contributed by atoms with Crippen molar-refractivity contribution in [1.82, 2.24) is 10.2 Å². The van der Waals surface area contributed by atoms with Crippen LogP contribution < -0.4 is 10.6 Å². The van der Waals surface area contributed by atoms with Crippen LogP contribution in [-0.2, 0) is 25.7 Å². The van der Waals surface area contributed by atoms with E-state index in [1.807, 2.05) is 76.2 Å². The van der Waals surface area contributed by atoms with Crippen LogP contribution in [0.5, 0.6) is 0 Å². The molecule has 2 bridgehead atoms. The second-order valence-corrected chi connectivity index (χ2v) is 11.8. The standard InChI is InChI=1S/C31H39N3O5/c1-18(2)14-22(17-35)34-27(29(37)33-23-15-19(3)10-11-20(23)4)31-13-12-24(39-31)25(26(31)30(34)38)28(36)32-16-21-8-6-5-7-9-21/h5-11,15,18,22,24-27,35H,12-14,16-17H2,1-4H3,(H,32,36)(H,33,37)/t22-,24-,25+,26+,27?,31?/m1/s1. The average Bonchev–Trinajstić information content (AvgIpc) is 3.56. The molecule has 3 aliphatic rings. The summed E-state index contributed by atoms with van der Waals surface area (Å²) in [6, 6.07) is 14.0. The van der Waals surface area contributed by atoms with Gasteiger partial charge in [0, 0.05) is 12.2 Å². The highest BCUT2D eigenvalue weighted by Crippen LogP contribution is 2.59. The van der Waals surface area contributed by atoms with Crippen molar-refractivity contribution in [1.29, 1.82) is 0 Å². The van der Waals surface area contributed by atoms with Gasteiger partial charge in [-0.1, -0.05) is 56.3 Å². The molecule has 5 rings (SSSR count). The topological polar surface area (TPSA) is 108 Å². The molecule has 208 valence electrons. The molecule has 0 saturated carbocycles. The average molecular weight is 534 g/mol. The number of ether oxygens (including phenoxy) is 1. The summed E-state index contributed by atoms with van der Waals surface area (Å²) in [6.45, 7) is 8.01. The molecule has 39 heavy (non-hydrogen) atoms. The van der Waals surface area contributed by atoms with E-state index < -0.39 is 35.6 Å². The Morgan fingerprint density at radius 3 is 2.56 bits per heavy atom. The Kier molecular flexibility index (Phi) is 7.53. The van der Waals surface area contributed by atoms with Crippen molar-refractivity contribution in [3.05, 3.63) is 65.2 Å². The van der Waals surface area contributed by atoms with Gasteiger partial charge in [-0.05, 0) is 61.8 Å². The van der Waals surface area contributed by atoms with Crippen LogP contribution in [-0.4, -0.2) is 58.1 Å². The van der Waals surface area contributed by atoms with Crippen molar-refractivity contribution < 1.29 is 24.2 Å². The minimum absolute atomic E-state index is 0.192. The number of aryl methyl sites for hydroxylation is 2. The number of benzene rings is 2. The first kappa shape index (κ1) is 27.3. The summed E-state index contributed by atoms with van der Waals surface area (Å²) in [7, 11) is 0. The Balaban J connectivity index is 1.48.